The fourth-order valence-electron chi connectivity index (χ4n) is 2.14. The summed E-state index contributed by atoms with van der Waals surface area (Å²) in [5, 5.41) is 4.14. The van der Waals surface area contributed by atoms with Crippen molar-refractivity contribution in [1.29, 1.82) is 0 Å². The van der Waals surface area contributed by atoms with Crippen molar-refractivity contribution in [3.05, 3.63) is 64.4 Å². The van der Waals surface area contributed by atoms with Crippen LogP contribution in [-0.4, -0.2) is 12.0 Å². The van der Waals surface area contributed by atoms with Crippen molar-refractivity contribution >= 4 is 11.6 Å². The van der Waals surface area contributed by atoms with E-state index < -0.39 is 0 Å². The van der Waals surface area contributed by atoms with Crippen LogP contribution in [0, 0.1) is 6.92 Å². The van der Waals surface area contributed by atoms with Crippen molar-refractivity contribution in [2.24, 2.45) is 0 Å². The Morgan fingerprint density at radius 3 is 2.83 bits per heavy atom. The Morgan fingerprint density at radius 2 is 2.17 bits per heavy atom. The van der Waals surface area contributed by atoms with Crippen LogP contribution >= 0.6 is 11.6 Å². The number of hydrogen-bond donors (Lipinski definition) is 1. The molecule has 0 spiro atoms. The monoisotopic (exact) mass is 260 g/mol. The fourth-order valence-corrected chi connectivity index (χ4v) is 2.36. The predicted octanol–water partition coefficient (Wildman–Crippen LogP) is 3.55. The molecule has 0 aliphatic heterocycles. The SMILES string of the molecule is CNC(Cc1cccc(Cl)c1)c1ccncc1C. The second-order valence-corrected chi connectivity index (χ2v) is 4.84. The second-order valence-electron chi connectivity index (χ2n) is 4.41. The summed E-state index contributed by atoms with van der Waals surface area (Å²) in [4.78, 5) is 4.13. The van der Waals surface area contributed by atoms with Gasteiger partial charge < -0.3 is 5.32 Å². The molecule has 94 valence electrons. The lowest BCUT2D eigenvalue weighted by atomic mass is 9.97. The number of nitrogens with one attached hydrogen (secondary N) is 1. The first-order valence-corrected chi connectivity index (χ1v) is 6.40. The van der Waals surface area contributed by atoms with E-state index in [1.165, 1.54) is 16.7 Å². The highest BCUT2D eigenvalue weighted by Gasteiger charge is 2.12. The molecule has 1 atom stereocenters. The number of aromatic nitrogens is 1. The summed E-state index contributed by atoms with van der Waals surface area (Å²) < 4.78 is 0. The van der Waals surface area contributed by atoms with Crippen molar-refractivity contribution in [3.63, 3.8) is 0 Å². The molecule has 0 saturated carbocycles. The maximum Gasteiger partial charge on any atom is 0.0408 e. The largest absolute Gasteiger partial charge is 0.313 e. The molecule has 0 bridgehead atoms. The van der Waals surface area contributed by atoms with Gasteiger partial charge in [-0.05, 0) is 55.3 Å². The Morgan fingerprint density at radius 1 is 1.33 bits per heavy atom. The highest BCUT2D eigenvalue weighted by atomic mass is 35.5. The van der Waals surface area contributed by atoms with Gasteiger partial charge in [-0.3, -0.25) is 4.98 Å². The number of benzene rings is 1. The molecule has 0 aliphatic carbocycles. The van der Waals surface area contributed by atoms with Crippen LogP contribution in [0.1, 0.15) is 22.7 Å². The third kappa shape index (κ3) is 3.09. The van der Waals surface area contributed by atoms with E-state index in [2.05, 4.69) is 29.4 Å². The Bertz CT molecular complexity index is 525. The van der Waals surface area contributed by atoms with E-state index >= 15 is 0 Å². The zero-order valence-electron chi connectivity index (χ0n) is 10.7. The third-order valence-electron chi connectivity index (χ3n) is 3.12. The molecule has 1 heterocycles. The molecule has 1 aromatic heterocycles. The first-order valence-electron chi connectivity index (χ1n) is 6.03. The number of likely N-dealkylation sites (N-methyl/N-ethyl adjacent to an activating group) is 1. The van der Waals surface area contributed by atoms with Gasteiger partial charge in [0, 0.05) is 23.5 Å². The van der Waals surface area contributed by atoms with Crippen LogP contribution in [0.2, 0.25) is 5.02 Å². The number of rotatable bonds is 4. The zero-order chi connectivity index (χ0) is 13.0. The highest BCUT2D eigenvalue weighted by molar-refractivity contribution is 6.30. The molecule has 0 saturated heterocycles. The van der Waals surface area contributed by atoms with Gasteiger partial charge in [-0.2, -0.15) is 0 Å². The lowest BCUT2D eigenvalue weighted by Crippen LogP contribution is -2.19. The van der Waals surface area contributed by atoms with Crippen molar-refractivity contribution in [3.8, 4) is 0 Å². The van der Waals surface area contributed by atoms with E-state index in [4.69, 9.17) is 11.6 Å². The van der Waals surface area contributed by atoms with Gasteiger partial charge in [0.1, 0.15) is 0 Å². The average molecular weight is 261 g/mol. The lowest BCUT2D eigenvalue weighted by Gasteiger charge is -2.18. The number of pyridine rings is 1. The number of hydrogen-bond acceptors (Lipinski definition) is 2. The minimum atomic E-state index is 0.284. The van der Waals surface area contributed by atoms with Crippen LogP contribution in [0.4, 0.5) is 0 Å². The molecule has 2 aromatic rings. The second kappa shape index (κ2) is 5.98. The minimum absolute atomic E-state index is 0.284. The van der Waals surface area contributed by atoms with Crippen molar-refractivity contribution in [1.82, 2.24) is 10.3 Å². The number of nitrogens with zero attached hydrogens (tertiary/aromatic N) is 1. The Labute approximate surface area is 113 Å². The van der Waals surface area contributed by atoms with Gasteiger partial charge in [-0.15, -0.1) is 0 Å². The van der Waals surface area contributed by atoms with Crippen LogP contribution < -0.4 is 5.32 Å². The molecule has 3 heteroatoms. The van der Waals surface area contributed by atoms with Gasteiger partial charge >= 0.3 is 0 Å². The predicted molar refractivity (Wildman–Crippen MR) is 75.9 cm³/mol. The van der Waals surface area contributed by atoms with Gasteiger partial charge in [0.2, 0.25) is 0 Å². The van der Waals surface area contributed by atoms with Crippen LogP contribution in [0.3, 0.4) is 0 Å². The summed E-state index contributed by atoms with van der Waals surface area (Å²) in [7, 11) is 1.98. The zero-order valence-corrected chi connectivity index (χ0v) is 11.4. The van der Waals surface area contributed by atoms with Crippen LogP contribution in [0.15, 0.2) is 42.7 Å². The summed E-state index contributed by atoms with van der Waals surface area (Å²) in [5.41, 5.74) is 3.73. The summed E-state index contributed by atoms with van der Waals surface area (Å²) >= 11 is 6.02. The van der Waals surface area contributed by atoms with Gasteiger partial charge in [-0.25, -0.2) is 0 Å². The van der Waals surface area contributed by atoms with Gasteiger partial charge in [0.25, 0.3) is 0 Å². The normalized spacial score (nSPS) is 12.4. The molecule has 1 N–H and O–H groups in total. The number of aryl methyl sites for hydroxylation is 1. The smallest absolute Gasteiger partial charge is 0.0408 e. The van der Waals surface area contributed by atoms with Crippen LogP contribution in [0.5, 0.6) is 0 Å². The summed E-state index contributed by atoms with van der Waals surface area (Å²) in [6.07, 6.45) is 4.66. The molecule has 18 heavy (non-hydrogen) atoms. The minimum Gasteiger partial charge on any atom is -0.313 e. The maximum atomic E-state index is 6.02. The fraction of sp³-hybridized carbons (Fsp3) is 0.267. The van der Waals surface area contributed by atoms with Crippen molar-refractivity contribution in [2.45, 2.75) is 19.4 Å². The highest BCUT2D eigenvalue weighted by Crippen LogP contribution is 2.22. The first kappa shape index (κ1) is 13.1. The van der Waals surface area contributed by atoms with E-state index in [9.17, 15) is 0 Å². The standard InChI is InChI=1S/C15H17ClN2/c1-11-10-18-7-6-14(11)15(17-2)9-12-4-3-5-13(16)8-12/h3-8,10,15,17H,9H2,1-2H3. The summed E-state index contributed by atoms with van der Waals surface area (Å²) in [6, 6.07) is 10.4. The molecule has 1 unspecified atom stereocenters. The van der Waals surface area contributed by atoms with Gasteiger partial charge in [0.15, 0.2) is 0 Å². The van der Waals surface area contributed by atoms with E-state index in [0.717, 1.165) is 11.4 Å². The molecule has 0 aliphatic rings. The lowest BCUT2D eigenvalue weighted by molar-refractivity contribution is 0.588. The average Bonchev–Trinajstić information content (AvgIpc) is 2.37. The van der Waals surface area contributed by atoms with Gasteiger partial charge in [-0.1, -0.05) is 23.7 Å². The maximum absolute atomic E-state index is 6.02. The first-order chi connectivity index (χ1) is 8.70. The number of halogens is 1. The van der Waals surface area contributed by atoms with Crippen LogP contribution in [-0.2, 0) is 6.42 Å². The van der Waals surface area contributed by atoms with Crippen LogP contribution in [0.25, 0.3) is 0 Å². The molecule has 0 amide bonds. The summed E-state index contributed by atoms with van der Waals surface area (Å²) in [6.45, 7) is 2.09. The van der Waals surface area contributed by atoms with E-state index in [1.54, 1.807) is 0 Å². The van der Waals surface area contributed by atoms with Crippen molar-refractivity contribution in [2.75, 3.05) is 7.05 Å². The quantitative estimate of drug-likeness (QED) is 0.910. The molecular weight excluding hydrogens is 244 g/mol. The molecule has 0 radical (unpaired) electrons. The Kier molecular flexibility index (Phi) is 4.34. The molecule has 1 aromatic carbocycles. The van der Waals surface area contributed by atoms with Crippen molar-refractivity contribution < 1.29 is 0 Å². The Balaban J connectivity index is 2.23. The summed E-state index contributed by atoms with van der Waals surface area (Å²) in [5.74, 6) is 0. The molecule has 2 nitrogen and oxygen atoms in total. The Hall–Kier alpha value is -1.38. The van der Waals surface area contributed by atoms with E-state index in [0.29, 0.717) is 0 Å². The molecular formula is C15H17ClN2. The topological polar surface area (TPSA) is 24.9 Å². The van der Waals surface area contributed by atoms with Gasteiger partial charge in [0.05, 0.1) is 0 Å². The molecule has 2 rings (SSSR count). The van der Waals surface area contributed by atoms with E-state index in [-0.39, 0.29) is 6.04 Å². The molecule has 0 fully saturated rings. The third-order valence-corrected chi connectivity index (χ3v) is 3.35. The van der Waals surface area contributed by atoms with E-state index in [1.807, 2.05) is 37.6 Å².